The van der Waals surface area contributed by atoms with Crippen LogP contribution in [-0.2, 0) is 0 Å². The lowest BCUT2D eigenvalue weighted by molar-refractivity contribution is 0.437. The molecular weight excluding hydrogens is 204 g/mol. The summed E-state index contributed by atoms with van der Waals surface area (Å²) in [6, 6.07) is 0.520. The highest BCUT2D eigenvalue weighted by Crippen LogP contribution is 2.41. The van der Waals surface area contributed by atoms with E-state index in [1.807, 2.05) is 0 Å². The molecule has 2 nitrogen and oxygen atoms in total. The molecule has 84 valence electrons. The van der Waals surface area contributed by atoms with Crippen molar-refractivity contribution in [1.29, 1.82) is 0 Å². The Morgan fingerprint density at radius 3 is 2.73 bits per heavy atom. The molecule has 0 radical (unpaired) electrons. The van der Waals surface area contributed by atoms with E-state index in [1.165, 1.54) is 17.8 Å². The van der Waals surface area contributed by atoms with Crippen LogP contribution in [0.4, 0.5) is 0 Å². The number of rotatable bonds is 5. The molecule has 1 aliphatic carbocycles. The fourth-order valence-electron chi connectivity index (χ4n) is 1.76. The van der Waals surface area contributed by atoms with Gasteiger partial charge in [-0.2, -0.15) is 0 Å². The summed E-state index contributed by atoms with van der Waals surface area (Å²) in [4.78, 5) is 4.61. The average molecular weight is 224 g/mol. The van der Waals surface area contributed by atoms with Crippen molar-refractivity contribution >= 4 is 11.3 Å². The number of hydrogen-bond acceptors (Lipinski definition) is 3. The van der Waals surface area contributed by atoms with Crippen molar-refractivity contribution in [2.24, 2.45) is 11.8 Å². The highest BCUT2D eigenvalue weighted by molar-refractivity contribution is 7.09. The number of thiazole rings is 1. The van der Waals surface area contributed by atoms with E-state index in [-0.39, 0.29) is 0 Å². The van der Waals surface area contributed by atoms with Crippen LogP contribution in [0.5, 0.6) is 0 Å². The molecule has 0 spiro atoms. The normalized spacial score (nSPS) is 18.4. The molecule has 0 saturated heterocycles. The number of aromatic nitrogens is 1. The Hall–Kier alpha value is -0.410. The van der Waals surface area contributed by atoms with Gasteiger partial charge in [-0.1, -0.05) is 13.8 Å². The van der Waals surface area contributed by atoms with Gasteiger partial charge in [0, 0.05) is 11.1 Å². The van der Waals surface area contributed by atoms with Crippen molar-refractivity contribution < 1.29 is 0 Å². The van der Waals surface area contributed by atoms with Gasteiger partial charge in [0.2, 0.25) is 0 Å². The van der Waals surface area contributed by atoms with Gasteiger partial charge in [0.15, 0.2) is 0 Å². The molecule has 1 atom stereocenters. The molecule has 1 unspecified atom stereocenters. The molecule has 0 bridgehead atoms. The minimum Gasteiger partial charge on any atom is -0.307 e. The van der Waals surface area contributed by atoms with E-state index in [4.69, 9.17) is 0 Å². The Labute approximate surface area is 96.1 Å². The fourth-order valence-corrected chi connectivity index (χ4v) is 2.73. The molecule has 1 heterocycles. The van der Waals surface area contributed by atoms with E-state index < -0.39 is 0 Å². The smallest absolute Gasteiger partial charge is 0.110 e. The van der Waals surface area contributed by atoms with Gasteiger partial charge in [0.05, 0.1) is 6.04 Å². The summed E-state index contributed by atoms with van der Waals surface area (Å²) in [7, 11) is 0. The molecule has 0 amide bonds. The summed E-state index contributed by atoms with van der Waals surface area (Å²) in [6.45, 7) is 7.68. The molecule has 1 fully saturated rings. The Bertz CT molecular complexity index is 315. The number of nitrogens with one attached hydrogen (secondary N) is 1. The quantitative estimate of drug-likeness (QED) is 0.831. The second-order valence-electron chi connectivity index (χ2n) is 4.94. The summed E-state index contributed by atoms with van der Waals surface area (Å²) in [5.74, 6) is 1.56. The highest BCUT2D eigenvalue weighted by Gasteiger charge is 2.33. The first-order valence-corrected chi connectivity index (χ1v) is 6.70. The van der Waals surface area contributed by atoms with E-state index in [1.54, 1.807) is 11.3 Å². The third kappa shape index (κ3) is 3.02. The Balaban J connectivity index is 1.99. The Morgan fingerprint density at radius 2 is 2.27 bits per heavy atom. The predicted octanol–water partition coefficient (Wildman–Crippen LogP) is 3.15. The van der Waals surface area contributed by atoms with Crippen LogP contribution in [0.15, 0.2) is 5.38 Å². The maximum Gasteiger partial charge on any atom is 0.110 e. The van der Waals surface area contributed by atoms with Gasteiger partial charge in [-0.05, 0) is 38.1 Å². The first-order valence-electron chi connectivity index (χ1n) is 5.82. The summed E-state index contributed by atoms with van der Waals surface area (Å²) in [5.41, 5.74) is 1.16. The molecule has 3 heteroatoms. The summed E-state index contributed by atoms with van der Waals surface area (Å²) in [5, 5.41) is 7.10. The van der Waals surface area contributed by atoms with Crippen molar-refractivity contribution in [3.63, 3.8) is 0 Å². The maximum atomic E-state index is 4.61. The van der Waals surface area contributed by atoms with Crippen LogP contribution >= 0.6 is 11.3 Å². The lowest BCUT2D eigenvalue weighted by Gasteiger charge is -2.17. The van der Waals surface area contributed by atoms with Crippen molar-refractivity contribution in [3.8, 4) is 0 Å². The Morgan fingerprint density at radius 1 is 1.53 bits per heavy atom. The minimum atomic E-state index is 0.520. The van der Waals surface area contributed by atoms with Gasteiger partial charge in [-0.25, -0.2) is 4.98 Å². The molecule has 1 aromatic heterocycles. The van der Waals surface area contributed by atoms with Crippen LogP contribution in [0.3, 0.4) is 0 Å². The molecule has 1 N–H and O–H groups in total. The minimum absolute atomic E-state index is 0.520. The van der Waals surface area contributed by atoms with E-state index in [0.29, 0.717) is 12.0 Å². The van der Waals surface area contributed by atoms with Crippen molar-refractivity contribution in [2.75, 3.05) is 6.54 Å². The van der Waals surface area contributed by atoms with Gasteiger partial charge >= 0.3 is 0 Å². The van der Waals surface area contributed by atoms with Crippen LogP contribution in [0.25, 0.3) is 0 Å². The van der Waals surface area contributed by atoms with Crippen LogP contribution in [-0.4, -0.2) is 11.5 Å². The lowest BCUT2D eigenvalue weighted by Crippen LogP contribution is -2.26. The second kappa shape index (κ2) is 4.62. The van der Waals surface area contributed by atoms with Crippen LogP contribution < -0.4 is 5.32 Å². The van der Waals surface area contributed by atoms with Crippen molar-refractivity contribution in [3.05, 3.63) is 16.1 Å². The van der Waals surface area contributed by atoms with Gasteiger partial charge < -0.3 is 5.32 Å². The van der Waals surface area contributed by atoms with Gasteiger partial charge in [0.25, 0.3) is 0 Å². The second-order valence-corrected chi connectivity index (χ2v) is 5.83. The lowest BCUT2D eigenvalue weighted by atomic mass is 10.1. The fraction of sp³-hybridized carbons (Fsp3) is 0.750. The molecule has 1 aliphatic rings. The zero-order valence-electron chi connectivity index (χ0n) is 9.79. The zero-order chi connectivity index (χ0) is 10.8. The van der Waals surface area contributed by atoms with E-state index in [2.05, 4.69) is 36.5 Å². The Kier molecular flexibility index (Phi) is 3.42. The van der Waals surface area contributed by atoms with Gasteiger partial charge in [0.1, 0.15) is 5.01 Å². The molecule has 15 heavy (non-hydrogen) atoms. The van der Waals surface area contributed by atoms with Gasteiger partial charge in [-0.3, -0.25) is 0 Å². The summed E-state index contributed by atoms with van der Waals surface area (Å²) in [6.07, 6.45) is 2.74. The molecular formula is C12H20N2S. The SMILES string of the molecule is Cc1csc(C(NCC(C)C)C2CC2)n1. The number of aryl methyl sites for hydroxylation is 1. The van der Waals surface area contributed by atoms with Crippen molar-refractivity contribution in [2.45, 2.75) is 39.7 Å². The maximum absolute atomic E-state index is 4.61. The van der Waals surface area contributed by atoms with Gasteiger partial charge in [-0.15, -0.1) is 11.3 Å². The molecule has 1 aromatic rings. The molecule has 1 saturated carbocycles. The predicted molar refractivity (Wildman–Crippen MR) is 65.2 cm³/mol. The third-order valence-electron chi connectivity index (χ3n) is 2.74. The highest BCUT2D eigenvalue weighted by atomic mass is 32.1. The third-order valence-corrected chi connectivity index (χ3v) is 3.79. The van der Waals surface area contributed by atoms with Crippen LogP contribution in [0.1, 0.15) is 43.4 Å². The largest absolute Gasteiger partial charge is 0.307 e. The molecule has 2 rings (SSSR count). The molecule has 0 aliphatic heterocycles. The van der Waals surface area contributed by atoms with E-state index in [0.717, 1.165) is 18.2 Å². The van der Waals surface area contributed by atoms with Crippen LogP contribution in [0, 0.1) is 18.8 Å². The van der Waals surface area contributed by atoms with E-state index in [9.17, 15) is 0 Å². The number of hydrogen-bond donors (Lipinski definition) is 1. The van der Waals surface area contributed by atoms with E-state index >= 15 is 0 Å². The zero-order valence-corrected chi connectivity index (χ0v) is 10.6. The summed E-state index contributed by atoms with van der Waals surface area (Å²) >= 11 is 1.80. The first kappa shape index (κ1) is 11.1. The molecule has 0 aromatic carbocycles. The van der Waals surface area contributed by atoms with Crippen LogP contribution in [0.2, 0.25) is 0 Å². The monoisotopic (exact) mass is 224 g/mol. The summed E-state index contributed by atoms with van der Waals surface area (Å²) < 4.78 is 0. The average Bonchev–Trinajstić information content (AvgIpc) is 2.90. The standard InChI is InChI=1S/C12H20N2S/c1-8(2)6-13-11(10-4-5-10)12-14-9(3)7-15-12/h7-8,10-11,13H,4-6H2,1-3H3. The first-order chi connectivity index (χ1) is 7.16. The topological polar surface area (TPSA) is 24.9 Å². The van der Waals surface area contributed by atoms with Crippen molar-refractivity contribution in [1.82, 2.24) is 10.3 Å². The number of nitrogens with zero attached hydrogens (tertiary/aromatic N) is 1.